The fraction of sp³-hybridized carbons (Fsp3) is 0. The van der Waals surface area contributed by atoms with Crippen LogP contribution >= 0.6 is 23.2 Å². The van der Waals surface area contributed by atoms with Crippen molar-refractivity contribution in [1.29, 1.82) is 0 Å². The predicted molar refractivity (Wildman–Crippen MR) is 66.0 cm³/mol. The van der Waals surface area contributed by atoms with Crippen molar-refractivity contribution in [3.05, 3.63) is 29.3 Å². The number of ether oxygens (including phenoxy) is 1. The lowest BCUT2D eigenvalue weighted by Gasteiger charge is -1.96. The summed E-state index contributed by atoms with van der Waals surface area (Å²) in [6.45, 7) is 0. The summed E-state index contributed by atoms with van der Waals surface area (Å²) in [6, 6.07) is 5.25. The van der Waals surface area contributed by atoms with Crippen LogP contribution in [0.15, 0.2) is 23.7 Å². The van der Waals surface area contributed by atoms with E-state index in [2.05, 4.69) is 14.7 Å². The number of nitrogens with two attached hydrogens (primary N) is 1. The van der Waals surface area contributed by atoms with Crippen LogP contribution in [-0.4, -0.2) is 16.1 Å². The third-order valence-electron chi connectivity index (χ3n) is 2.03. The molecule has 0 saturated carbocycles. The maximum Gasteiger partial charge on any atom is 0.412 e. The van der Waals surface area contributed by atoms with Gasteiger partial charge in [0.05, 0.1) is 16.1 Å². The van der Waals surface area contributed by atoms with Crippen molar-refractivity contribution in [1.82, 2.24) is 9.97 Å². The number of rotatable bonds is 2. The van der Waals surface area contributed by atoms with E-state index in [1.54, 1.807) is 18.2 Å². The molecule has 88 valence electrons. The second-order valence-corrected chi connectivity index (χ2v) is 3.78. The van der Waals surface area contributed by atoms with Gasteiger partial charge in [-0.2, -0.15) is 4.98 Å². The highest BCUT2D eigenvalue weighted by atomic mass is 35.5. The Morgan fingerprint density at radius 1 is 1.53 bits per heavy atom. The minimum atomic E-state index is -0.928. The van der Waals surface area contributed by atoms with Gasteiger partial charge < -0.3 is 15.5 Å². The SMILES string of the molecule is NC(=O)Oc1nc2cc(/C(Cl)=C/Cl)ccc2[nH]1. The summed E-state index contributed by atoms with van der Waals surface area (Å²) in [6.07, 6.45) is -0.928. The molecular weight excluding hydrogens is 265 g/mol. The third kappa shape index (κ3) is 2.51. The Morgan fingerprint density at radius 3 is 2.94 bits per heavy atom. The molecule has 1 aromatic carbocycles. The number of carbonyl (C=O) groups excluding carboxylic acids is 1. The number of halogens is 2. The van der Waals surface area contributed by atoms with E-state index in [1.165, 1.54) is 5.54 Å². The van der Waals surface area contributed by atoms with Gasteiger partial charge in [-0.25, -0.2) is 4.79 Å². The van der Waals surface area contributed by atoms with Gasteiger partial charge in [-0.1, -0.05) is 29.3 Å². The van der Waals surface area contributed by atoms with Crippen molar-refractivity contribution < 1.29 is 9.53 Å². The number of benzene rings is 1. The number of fused-ring (bicyclic) bond motifs is 1. The first-order valence-electron chi connectivity index (χ1n) is 4.53. The summed E-state index contributed by atoms with van der Waals surface area (Å²) in [5.41, 5.74) is 8.14. The first kappa shape index (κ1) is 11.8. The number of H-pyrrole nitrogens is 1. The molecule has 2 aromatic rings. The molecule has 0 bridgehead atoms. The van der Waals surface area contributed by atoms with Crippen molar-refractivity contribution >= 4 is 45.4 Å². The molecule has 1 aromatic heterocycles. The van der Waals surface area contributed by atoms with Crippen LogP contribution < -0.4 is 10.5 Å². The quantitative estimate of drug-likeness (QED) is 0.881. The fourth-order valence-corrected chi connectivity index (χ4v) is 1.58. The number of hydrogen-bond donors (Lipinski definition) is 2. The molecule has 17 heavy (non-hydrogen) atoms. The highest BCUT2D eigenvalue weighted by molar-refractivity contribution is 6.53. The number of imidazole rings is 1. The molecule has 0 unspecified atom stereocenters. The molecule has 5 nitrogen and oxygen atoms in total. The zero-order valence-corrected chi connectivity index (χ0v) is 9.92. The lowest BCUT2D eigenvalue weighted by molar-refractivity contribution is 0.207. The lowest BCUT2D eigenvalue weighted by Crippen LogP contribution is -2.16. The van der Waals surface area contributed by atoms with Crippen LogP contribution in [0.3, 0.4) is 0 Å². The number of nitrogens with one attached hydrogen (secondary N) is 1. The van der Waals surface area contributed by atoms with Crippen molar-refractivity contribution in [2.45, 2.75) is 0 Å². The van der Waals surface area contributed by atoms with Gasteiger partial charge in [-0.3, -0.25) is 0 Å². The van der Waals surface area contributed by atoms with Gasteiger partial charge in [0, 0.05) is 5.54 Å². The van der Waals surface area contributed by atoms with E-state index >= 15 is 0 Å². The van der Waals surface area contributed by atoms with Crippen molar-refractivity contribution in [3.63, 3.8) is 0 Å². The molecule has 2 rings (SSSR count). The molecule has 0 aliphatic rings. The van der Waals surface area contributed by atoms with Crippen LogP contribution in [-0.2, 0) is 0 Å². The molecule has 7 heteroatoms. The minimum Gasteiger partial charge on any atom is -0.376 e. The lowest BCUT2D eigenvalue weighted by atomic mass is 10.2. The number of primary amides is 1. The van der Waals surface area contributed by atoms with Crippen molar-refractivity contribution in [3.8, 4) is 6.01 Å². The average molecular weight is 272 g/mol. The predicted octanol–water partition coefficient (Wildman–Crippen LogP) is 2.80. The average Bonchev–Trinajstić information content (AvgIpc) is 2.67. The molecule has 1 heterocycles. The Hall–Kier alpha value is -1.72. The maximum atomic E-state index is 10.6. The second-order valence-electron chi connectivity index (χ2n) is 3.15. The van der Waals surface area contributed by atoms with Crippen LogP contribution in [0.25, 0.3) is 16.1 Å². The molecule has 0 aliphatic heterocycles. The molecule has 0 fully saturated rings. The summed E-state index contributed by atoms with van der Waals surface area (Å²) < 4.78 is 4.62. The fourth-order valence-electron chi connectivity index (χ4n) is 1.34. The van der Waals surface area contributed by atoms with Crippen LogP contribution in [0.1, 0.15) is 5.56 Å². The van der Waals surface area contributed by atoms with Crippen LogP contribution in [0.5, 0.6) is 6.01 Å². The summed E-state index contributed by atoms with van der Waals surface area (Å²) in [5, 5.41) is 0.397. The topological polar surface area (TPSA) is 81.0 Å². The molecule has 0 radical (unpaired) electrons. The first-order valence-corrected chi connectivity index (χ1v) is 5.35. The van der Waals surface area contributed by atoms with Gasteiger partial charge in [-0.05, 0) is 17.7 Å². The van der Waals surface area contributed by atoms with Crippen LogP contribution in [0.4, 0.5) is 4.79 Å². The highest BCUT2D eigenvalue weighted by Gasteiger charge is 2.07. The monoisotopic (exact) mass is 271 g/mol. The van der Waals surface area contributed by atoms with Gasteiger partial charge in [0.2, 0.25) is 0 Å². The zero-order chi connectivity index (χ0) is 12.4. The van der Waals surface area contributed by atoms with E-state index in [-0.39, 0.29) is 6.01 Å². The van der Waals surface area contributed by atoms with Gasteiger partial charge in [-0.15, -0.1) is 0 Å². The van der Waals surface area contributed by atoms with E-state index in [0.29, 0.717) is 21.6 Å². The summed E-state index contributed by atoms with van der Waals surface area (Å²) >= 11 is 11.4. The van der Waals surface area contributed by atoms with E-state index in [9.17, 15) is 4.79 Å². The molecule has 0 saturated heterocycles. The zero-order valence-electron chi connectivity index (χ0n) is 8.41. The Morgan fingerprint density at radius 2 is 2.29 bits per heavy atom. The molecule has 1 amide bonds. The van der Waals surface area contributed by atoms with Gasteiger partial charge in [0.15, 0.2) is 0 Å². The van der Waals surface area contributed by atoms with E-state index in [0.717, 1.165) is 0 Å². The van der Waals surface area contributed by atoms with Crippen LogP contribution in [0.2, 0.25) is 0 Å². The number of carbonyl (C=O) groups is 1. The molecule has 3 N–H and O–H groups in total. The highest BCUT2D eigenvalue weighted by Crippen LogP contribution is 2.24. The van der Waals surface area contributed by atoms with E-state index in [1.807, 2.05) is 0 Å². The number of aromatic amines is 1. The third-order valence-corrected chi connectivity index (χ3v) is 2.69. The number of nitrogens with zero attached hydrogens (tertiary/aromatic N) is 1. The summed E-state index contributed by atoms with van der Waals surface area (Å²) in [7, 11) is 0. The first-order chi connectivity index (χ1) is 8.10. The Balaban J connectivity index is 2.44. The van der Waals surface area contributed by atoms with Crippen molar-refractivity contribution in [2.24, 2.45) is 5.73 Å². The Labute approximate surface area is 106 Å². The number of hydrogen-bond acceptors (Lipinski definition) is 3. The molecule has 0 spiro atoms. The summed E-state index contributed by atoms with van der Waals surface area (Å²) in [5.74, 6) is 0. The number of aromatic nitrogens is 2. The molecule has 0 atom stereocenters. The second kappa shape index (κ2) is 4.65. The summed E-state index contributed by atoms with van der Waals surface area (Å²) in [4.78, 5) is 17.4. The normalized spacial score (nSPS) is 11.8. The smallest absolute Gasteiger partial charge is 0.376 e. The van der Waals surface area contributed by atoms with Gasteiger partial charge in [0.25, 0.3) is 0 Å². The maximum absolute atomic E-state index is 10.6. The molecular formula is C10H7Cl2N3O2. The van der Waals surface area contributed by atoms with E-state index < -0.39 is 6.09 Å². The molecule has 0 aliphatic carbocycles. The van der Waals surface area contributed by atoms with Crippen molar-refractivity contribution in [2.75, 3.05) is 0 Å². The minimum absolute atomic E-state index is 0.0376. The van der Waals surface area contributed by atoms with E-state index in [4.69, 9.17) is 28.9 Å². The van der Waals surface area contributed by atoms with Gasteiger partial charge in [0.1, 0.15) is 0 Å². The van der Waals surface area contributed by atoms with Crippen LogP contribution in [0, 0.1) is 0 Å². The van der Waals surface area contributed by atoms with Gasteiger partial charge >= 0.3 is 12.1 Å². The Kier molecular flexibility index (Phi) is 3.21. The standard InChI is InChI=1S/C10H7Cl2N3O2/c11-4-6(12)5-1-2-7-8(3-5)15-10(14-7)17-9(13)16/h1-4H,(H2,13,16)(H,14,15)/b6-4-. The Bertz CT molecular complexity index is 607. The largest absolute Gasteiger partial charge is 0.412 e. The number of amides is 1.